The number of rotatable bonds is 4. The minimum Gasteiger partial charge on any atom is -0.402 e. The maximum atomic E-state index is 5.77. The van der Waals surface area contributed by atoms with Crippen molar-refractivity contribution in [3.8, 4) is 0 Å². The summed E-state index contributed by atoms with van der Waals surface area (Å²) in [5, 5.41) is 0. The third-order valence-electron chi connectivity index (χ3n) is 2.65. The molecule has 1 aromatic heterocycles. The van der Waals surface area contributed by atoms with Crippen LogP contribution in [0.25, 0.3) is 5.70 Å². The van der Waals surface area contributed by atoms with E-state index in [4.69, 9.17) is 5.73 Å². The largest absolute Gasteiger partial charge is 0.402 e. The Morgan fingerprint density at radius 3 is 2.45 bits per heavy atom. The standard InChI is InChI=1S/C17H17N3/c1-13(18)12-17(16-10-6-7-11-19-16)20-14(2)15-8-4-3-5-9-15/h3-12H,2,18H2,1H3/b13-12-,20-17+. The van der Waals surface area contributed by atoms with Crippen LogP contribution in [0.2, 0.25) is 0 Å². The van der Waals surface area contributed by atoms with Crippen molar-refractivity contribution in [2.24, 2.45) is 10.7 Å². The molecule has 1 heterocycles. The number of nitrogens with zero attached hydrogens (tertiary/aromatic N) is 2. The Labute approximate surface area is 119 Å². The maximum absolute atomic E-state index is 5.77. The molecule has 0 fully saturated rings. The van der Waals surface area contributed by atoms with E-state index in [1.54, 1.807) is 12.3 Å². The van der Waals surface area contributed by atoms with Gasteiger partial charge in [0.15, 0.2) is 0 Å². The third-order valence-corrected chi connectivity index (χ3v) is 2.65. The Morgan fingerprint density at radius 2 is 1.85 bits per heavy atom. The molecule has 2 N–H and O–H groups in total. The maximum Gasteiger partial charge on any atom is 0.0910 e. The molecule has 0 atom stereocenters. The van der Waals surface area contributed by atoms with Gasteiger partial charge in [-0.1, -0.05) is 43.0 Å². The Balaban J connectivity index is 2.40. The van der Waals surface area contributed by atoms with E-state index in [1.807, 2.05) is 55.5 Å². The summed E-state index contributed by atoms with van der Waals surface area (Å²) in [6, 6.07) is 15.5. The fourth-order valence-electron chi connectivity index (χ4n) is 1.73. The van der Waals surface area contributed by atoms with Crippen LogP contribution in [0.15, 0.2) is 78.1 Å². The van der Waals surface area contributed by atoms with Crippen LogP contribution in [0, 0.1) is 0 Å². The van der Waals surface area contributed by atoms with Crippen molar-refractivity contribution < 1.29 is 0 Å². The van der Waals surface area contributed by atoms with Crippen molar-refractivity contribution in [3.63, 3.8) is 0 Å². The summed E-state index contributed by atoms with van der Waals surface area (Å²) in [5.74, 6) is 0. The van der Waals surface area contributed by atoms with Crippen LogP contribution < -0.4 is 5.73 Å². The summed E-state index contributed by atoms with van der Waals surface area (Å²) in [4.78, 5) is 8.87. The summed E-state index contributed by atoms with van der Waals surface area (Å²) in [5.41, 5.74) is 9.58. The van der Waals surface area contributed by atoms with E-state index in [1.165, 1.54) is 0 Å². The lowest BCUT2D eigenvalue weighted by atomic mass is 10.1. The topological polar surface area (TPSA) is 51.3 Å². The molecule has 20 heavy (non-hydrogen) atoms. The van der Waals surface area contributed by atoms with Gasteiger partial charge >= 0.3 is 0 Å². The van der Waals surface area contributed by atoms with Gasteiger partial charge in [0.1, 0.15) is 0 Å². The molecule has 0 radical (unpaired) electrons. The number of benzene rings is 1. The molecule has 100 valence electrons. The summed E-state index contributed by atoms with van der Waals surface area (Å²) >= 11 is 0. The van der Waals surface area contributed by atoms with Gasteiger partial charge in [0.2, 0.25) is 0 Å². The Morgan fingerprint density at radius 1 is 1.15 bits per heavy atom. The molecule has 3 nitrogen and oxygen atoms in total. The van der Waals surface area contributed by atoms with Gasteiger partial charge < -0.3 is 5.73 Å². The second-order valence-electron chi connectivity index (χ2n) is 4.41. The molecule has 2 aromatic rings. The molecular weight excluding hydrogens is 246 g/mol. The van der Waals surface area contributed by atoms with Crippen LogP contribution in [0.5, 0.6) is 0 Å². The zero-order valence-electron chi connectivity index (χ0n) is 11.5. The van der Waals surface area contributed by atoms with Gasteiger partial charge in [0, 0.05) is 11.9 Å². The monoisotopic (exact) mass is 263 g/mol. The zero-order chi connectivity index (χ0) is 14.4. The van der Waals surface area contributed by atoms with Crippen molar-refractivity contribution in [3.05, 3.63) is 84.3 Å². The number of allylic oxidation sites excluding steroid dienone is 2. The molecule has 0 unspecified atom stereocenters. The first-order valence-electron chi connectivity index (χ1n) is 6.35. The molecule has 0 aliphatic heterocycles. The first-order chi connectivity index (χ1) is 9.66. The van der Waals surface area contributed by atoms with Gasteiger partial charge in [0.05, 0.1) is 17.1 Å². The quantitative estimate of drug-likeness (QED) is 0.859. The lowest BCUT2D eigenvalue weighted by Crippen LogP contribution is -2.04. The van der Waals surface area contributed by atoms with Crippen molar-refractivity contribution >= 4 is 11.4 Å². The minimum atomic E-state index is 0.676. The minimum absolute atomic E-state index is 0.676. The number of nitrogens with two attached hydrogens (primary N) is 1. The molecule has 2 rings (SSSR count). The number of pyridine rings is 1. The summed E-state index contributed by atoms with van der Waals surface area (Å²) < 4.78 is 0. The summed E-state index contributed by atoms with van der Waals surface area (Å²) in [6.07, 6.45) is 3.53. The van der Waals surface area contributed by atoms with Gasteiger partial charge in [-0.15, -0.1) is 0 Å². The van der Waals surface area contributed by atoms with E-state index in [0.717, 1.165) is 11.3 Å². The highest BCUT2D eigenvalue weighted by Crippen LogP contribution is 2.15. The van der Waals surface area contributed by atoms with Crippen LogP contribution in [0.3, 0.4) is 0 Å². The van der Waals surface area contributed by atoms with Crippen LogP contribution in [0.1, 0.15) is 18.2 Å². The molecule has 3 heteroatoms. The van der Waals surface area contributed by atoms with Crippen LogP contribution in [0.4, 0.5) is 0 Å². The van der Waals surface area contributed by atoms with Gasteiger partial charge in [-0.25, -0.2) is 4.99 Å². The predicted molar refractivity (Wildman–Crippen MR) is 84.2 cm³/mol. The number of hydrogen-bond donors (Lipinski definition) is 1. The van der Waals surface area contributed by atoms with Gasteiger partial charge in [-0.05, 0) is 30.7 Å². The molecule has 0 bridgehead atoms. The summed E-state index contributed by atoms with van der Waals surface area (Å²) in [6.45, 7) is 5.84. The predicted octanol–water partition coefficient (Wildman–Crippen LogP) is 3.40. The van der Waals surface area contributed by atoms with Crippen LogP contribution in [-0.2, 0) is 0 Å². The van der Waals surface area contributed by atoms with Gasteiger partial charge in [0.25, 0.3) is 0 Å². The van der Waals surface area contributed by atoms with Crippen LogP contribution in [-0.4, -0.2) is 10.7 Å². The van der Waals surface area contributed by atoms with Gasteiger partial charge in [-0.2, -0.15) is 0 Å². The highest BCUT2D eigenvalue weighted by molar-refractivity contribution is 6.09. The first-order valence-corrected chi connectivity index (χ1v) is 6.35. The Kier molecular flexibility index (Phi) is 4.45. The molecular formula is C17H17N3. The number of aliphatic imine (C=N–C) groups is 1. The SMILES string of the molecule is C=C(/N=C(\C=C(\C)N)c1ccccn1)c1ccccc1. The highest BCUT2D eigenvalue weighted by atomic mass is 14.8. The fourth-order valence-corrected chi connectivity index (χ4v) is 1.73. The molecule has 0 aliphatic rings. The van der Waals surface area contributed by atoms with E-state index in [-0.39, 0.29) is 0 Å². The molecule has 1 aromatic carbocycles. The van der Waals surface area contributed by atoms with E-state index in [0.29, 0.717) is 17.1 Å². The van der Waals surface area contributed by atoms with Crippen LogP contribution >= 0.6 is 0 Å². The lowest BCUT2D eigenvalue weighted by molar-refractivity contribution is 1.27. The normalized spacial score (nSPS) is 12.2. The summed E-state index contributed by atoms with van der Waals surface area (Å²) in [7, 11) is 0. The van der Waals surface area contributed by atoms with E-state index in [9.17, 15) is 0 Å². The van der Waals surface area contributed by atoms with E-state index in [2.05, 4.69) is 16.6 Å². The fraction of sp³-hybridized carbons (Fsp3) is 0.0588. The molecule has 0 amide bonds. The first kappa shape index (κ1) is 13.7. The van der Waals surface area contributed by atoms with Gasteiger partial charge in [-0.3, -0.25) is 4.98 Å². The Hall–Kier alpha value is -2.68. The third kappa shape index (κ3) is 3.65. The molecule has 0 aliphatic carbocycles. The van der Waals surface area contributed by atoms with Crippen molar-refractivity contribution in [2.75, 3.05) is 0 Å². The number of hydrogen-bond acceptors (Lipinski definition) is 3. The van der Waals surface area contributed by atoms with Crippen molar-refractivity contribution in [2.45, 2.75) is 6.92 Å². The average molecular weight is 263 g/mol. The van der Waals surface area contributed by atoms with E-state index >= 15 is 0 Å². The lowest BCUT2D eigenvalue weighted by Gasteiger charge is -2.05. The average Bonchev–Trinajstić information content (AvgIpc) is 2.48. The molecule has 0 saturated heterocycles. The smallest absolute Gasteiger partial charge is 0.0910 e. The second kappa shape index (κ2) is 6.48. The molecule has 0 saturated carbocycles. The zero-order valence-corrected chi connectivity index (χ0v) is 11.5. The number of aromatic nitrogens is 1. The van der Waals surface area contributed by atoms with Crippen molar-refractivity contribution in [1.82, 2.24) is 4.98 Å². The Bertz CT molecular complexity index is 636. The highest BCUT2D eigenvalue weighted by Gasteiger charge is 2.04. The van der Waals surface area contributed by atoms with E-state index < -0.39 is 0 Å². The molecule has 0 spiro atoms. The van der Waals surface area contributed by atoms with Crippen molar-refractivity contribution in [1.29, 1.82) is 0 Å². The second-order valence-corrected chi connectivity index (χ2v) is 4.41.